The highest BCUT2D eigenvalue weighted by molar-refractivity contribution is 6.31. The van der Waals surface area contributed by atoms with Gasteiger partial charge in [0, 0.05) is 36.8 Å². The Morgan fingerprint density at radius 1 is 1.14 bits per heavy atom. The van der Waals surface area contributed by atoms with E-state index < -0.39 is 5.54 Å². The molecule has 1 aliphatic rings. The van der Waals surface area contributed by atoms with Gasteiger partial charge in [0.1, 0.15) is 5.76 Å². The van der Waals surface area contributed by atoms with Crippen LogP contribution in [0.2, 0.25) is 5.02 Å². The highest BCUT2D eigenvalue weighted by atomic mass is 35.5. The second-order valence-electron chi connectivity index (χ2n) is 7.57. The van der Waals surface area contributed by atoms with Gasteiger partial charge in [-0.3, -0.25) is 0 Å². The molecule has 2 aromatic carbocycles. The van der Waals surface area contributed by atoms with Crippen LogP contribution in [0.4, 0.5) is 11.4 Å². The number of hydrogen-bond donors (Lipinski definition) is 0. The highest BCUT2D eigenvalue weighted by Crippen LogP contribution is 2.52. The van der Waals surface area contributed by atoms with Crippen LogP contribution in [-0.4, -0.2) is 12.2 Å². The molecule has 0 unspecified atom stereocenters. The van der Waals surface area contributed by atoms with E-state index in [0.717, 1.165) is 57.9 Å². The number of aromatic nitrogens is 1. The van der Waals surface area contributed by atoms with E-state index in [4.69, 9.17) is 22.7 Å². The lowest BCUT2D eigenvalue weighted by atomic mass is 10.0. The molecule has 1 aliphatic carbocycles. The van der Waals surface area contributed by atoms with Crippen LogP contribution in [0, 0.1) is 27.3 Å². The molecule has 1 heterocycles. The van der Waals surface area contributed by atoms with Crippen LogP contribution in [0.25, 0.3) is 16.0 Å². The van der Waals surface area contributed by atoms with Gasteiger partial charge in [-0.05, 0) is 56.2 Å². The largest absolute Gasteiger partial charge is 0.361 e. The minimum Gasteiger partial charge on any atom is -0.361 e. The van der Waals surface area contributed by atoms with Crippen LogP contribution in [0.3, 0.4) is 0 Å². The lowest BCUT2D eigenvalue weighted by molar-refractivity contribution is 0.393. The van der Waals surface area contributed by atoms with E-state index in [-0.39, 0.29) is 0 Å². The van der Waals surface area contributed by atoms with Gasteiger partial charge in [0.2, 0.25) is 0 Å². The highest BCUT2D eigenvalue weighted by Gasteiger charge is 2.53. The van der Waals surface area contributed by atoms with Gasteiger partial charge in [-0.1, -0.05) is 28.9 Å². The molecule has 3 aromatic rings. The molecule has 0 amide bonds. The van der Waals surface area contributed by atoms with Crippen LogP contribution in [0.15, 0.2) is 40.9 Å². The van der Waals surface area contributed by atoms with Crippen LogP contribution >= 0.6 is 11.6 Å². The number of hydrogen-bond acceptors (Lipinski definition) is 3. The van der Waals surface area contributed by atoms with Gasteiger partial charge >= 0.3 is 0 Å². The van der Waals surface area contributed by atoms with E-state index in [1.54, 1.807) is 0 Å². The average Bonchev–Trinajstić information content (AvgIpc) is 3.41. The molecule has 0 atom stereocenters. The summed E-state index contributed by atoms with van der Waals surface area (Å²) in [5.74, 6) is 0.816. The minimum atomic E-state index is -0.395. The molecular weight excluding hydrogens is 370 g/mol. The summed E-state index contributed by atoms with van der Waals surface area (Å²) in [7, 11) is 2.03. The molecule has 0 bridgehead atoms. The molecule has 0 N–H and O–H groups in total. The minimum absolute atomic E-state index is 0.395. The Bertz CT molecular complexity index is 1090. The molecular formula is C23H22ClN3O. The lowest BCUT2D eigenvalue weighted by Crippen LogP contribution is -2.12. The van der Waals surface area contributed by atoms with Gasteiger partial charge in [-0.2, -0.15) is 0 Å². The summed E-state index contributed by atoms with van der Waals surface area (Å²) in [6, 6.07) is 12.4. The fraction of sp³-hybridized carbons (Fsp3) is 0.304. The molecule has 1 saturated carbocycles. The first-order valence-electron chi connectivity index (χ1n) is 9.32. The second-order valence-corrected chi connectivity index (χ2v) is 7.97. The third-order valence-electron chi connectivity index (χ3n) is 5.67. The fourth-order valence-electron chi connectivity index (χ4n) is 3.81. The summed E-state index contributed by atoms with van der Waals surface area (Å²) in [5.41, 5.74) is 6.80. The van der Waals surface area contributed by atoms with E-state index in [2.05, 4.69) is 46.1 Å². The average molecular weight is 392 g/mol. The predicted molar refractivity (Wildman–Crippen MR) is 113 cm³/mol. The Kier molecular flexibility index (Phi) is 4.44. The van der Waals surface area contributed by atoms with Crippen molar-refractivity contribution in [3.05, 3.63) is 75.4 Å². The molecule has 1 aromatic heterocycles. The fourth-order valence-corrected chi connectivity index (χ4v) is 4.16. The van der Waals surface area contributed by atoms with E-state index in [1.165, 1.54) is 0 Å². The summed E-state index contributed by atoms with van der Waals surface area (Å²) in [5, 5.41) is 4.74. The SMILES string of the molecule is [C-]#[N+]C1(c2ccc(N(C)c3cc(-c4c(C)noc4C)ccc3C)cc2Cl)CC1. The number of halogens is 1. The van der Waals surface area contributed by atoms with Gasteiger partial charge in [-0.25, -0.2) is 6.57 Å². The Labute approximate surface area is 170 Å². The van der Waals surface area contributed by atoms with E-state index in [0.29, 0.717) is 5.02 Å². The van der Waals surface area contributed by atoms with E-state index >= 15 is 0 Å². The number of benzene rings is 2. The molecule has 5 heteroatoms. The Morgan fingerprint density at radius 2 is 1.89 bits per heavy atom. The smallest absolute Gasteiger partial charge is 0.259 e. The van der Waals surface area contributed by atoms with Crippen LogP contribution in [0.5, 0.6) is 0 Å². The summed E-state index contributed by atoms with van der Waals surface area (Å²) in [6.45, 7) is 13.5. The molecule has 0 aliphatic heterocycles. The maximum absolute atomic E-state index is 7.47. The van der Waals surface area contributed by atoms with Crippen LogP contribution in [0.1, 0.15) is 35.4 Å². The Morgan fingerprint density at radius 3 is 2.46 bits per heavy atom. The molecule has 0 saturated heterocycles. The van der Waals surface area contributed by atoms with Gasteiger partial charge in [0.05, 0.1) is 16.3 Å². The first-order chi connectivity index (χ1) is 13.4. The summed E-state index contributed by atoms with van der Waals surface area (Å²) in [6.07, 6.45) is 1.79. The van der Waals surface area contributed by atoms with Crippen molar-refractivity contribution in [1.29, 1.82) is 0 Å². The van der Waals surface area contributed by atoms with Gasteiger partial charge in [-0.15, -0.1) is 0 Å². The molecule has 0 spiro atoms. The second kappa shape index (κ2) is 6.68. The van der Waals surface area contributed by atoms with Crippen LogP contribution < -0.4 is 4.90 Å². The Balaban J connectivity index is 1.73. The topological polar surface area (TPSA) is 33.6 Å². The number of rotatable bonds is 4. The van der Waals surface area contributed by atoms with Crippen molar-refractivity contribution < 1.29 is 4.52 Å². The molecule has 142 valence electrons. The molecule has 28 heavy (non-hydrogen) atoms. The van der Waals surface area contributed by atoms with Crippen molar-refractivity contribution >= 4 is 23.0 Å². The number of nitrogens with zero attached hydrogens (tertiary/aromatic N) is 3. The number of aryl methyl sites for hydroxylation is 3. The molecule has 4 rings (SSSR count). The normalized spacial score (nSPS) is 14.6. The number of anilines is 2. The zero-order chi connectivity index (χ0) is 20.1. The quantitative estimate of drug-likeness (QED) is 0.470. The van der Waals surface area contributed by atoms with Crippen molar-refractivity contribution in [1.82, 2.24) is 5.16 Å². The summed E-state index contributed by atoms with van der Waals surface area (Å²) >= 11 is 6.57. The Hall–Kier alpha value is -2.77. The van der Waals surface area contributed by atoms with Crippen molar-refractivity contribution in [2.75, 3.05) is 11.9 Å². The maximum atomic E-state index is 7.47. The van der Waals surface area contributed by atoms with E-state index in [1.807, 2.05) is 33.0 Å². The van der Waals surface area contributed by atoms with Gasteiger partial charge < -0.3 is 14.3 Å². The molecule has 4 nitrogen and oxygen atoms in total. The third-order valence-corrected chi connectivity index (χ3v) is 5.98. The van der Waals surface area contributed by atoms with Crippen LogP contribution in [-0.2, 0) is 5.54 Å². The molecule has 1 fully saturated rings. The lowest BCUT2D eigenvalue weighted by Gasteiger charge is -2.23. The van der Waals surface area contributed by atoms with Crippen molar-refractivity contribution in [2.24, 2.45) is 0 Å². The summed E-state index contributed by atoms with van der Waals surface area (Å²) in [4.78, 5) is 5.93. The molecule has 0 radical (unpaired) electrons. The van der Waals surface area contributed by atoms with Crippen molar-refractivity contribution in [2.45, 2.75) is 39.2 Å². The van der Waals surface area contributed by atoms with Crippen molar-refractivity contribution in [3.63, 3.8) is 0 Å². The third kappa shape index (κ3) is 2.96. The van der Waals surface area contributed by atoms with Gasteiger partial charge in [0.15, 0.2) is 0 Å². The maximum Gasteiger partial charge on any atom is 0.259 e. The zero-order valence-electron chi connectivity index (χ0n) is 16.5. The van der Waals surface area contributed by atoms with E-state index in [9.17, 15) is 0 Å². The first-order valence-corrected chi connectivity index (χ1v) is 9.70. The predicted octanol–water partition coefficient (Wildman–Crippen LogP) is 6.60. The monoisotopic (exact) mass is 391 g/mol. The van der Waals surface area contributed by atoms with Crippen molar-refractivity contribution in [3.8, 4) is 11.1 Å². The first kappa shape index (κ1) is 18.6. The standard InChI is InChI=1S/C23H22ClN3O/c1-14-6-7-17(22-15(2)26-28-16(22)3)12-21(14)27(5)18-8-9-19(20(24)13-18)23(25-4)10-11-23/h6-9,12-13H,10-11H2,1-3,5H3. The van der Waals surface area contributed by atoms with Gasteiger partial charge in [0.25, 0.3) is 5.54 Å². The zero-order valence-corrected chi connectivity index (χ0v) is 17.3. The summed E-state index contributed by atoms with van der Waals surface area (Å²) < 4.78 is 5.34.